The van der Waals surface area contributed by atoms with E-state index in [1.165, 1.54) is 14.2 Å². The molecule has 1 atom stereocenters. The molecule has 3 rings (SSSR count). The fourth-order valence-corrected chi connectivity index (χ4v) is 3.38. The van der Waals surface area contributed by atoms with Crippen LogP contribution in [0.15, 0.2) is 30.5 Å². The number of hydrogen-bond acceptors (Lipinski definition) is 3. The van der Waals surface area contributed by atoms with Gasteiger partial charge >= 0.3 is 0 Å². The van der Waals surface area contributed by atoms with Gasteiger partial charge < -0.3 is 19.4 Å². The van der Waals surface area contributed by atoms with Crippen LogP contribution in [-0.2, 0) is 0 Å². The number of hydrogen-bond donors (Lipinski definition) is 1. The number of H-pyrrole nitrogens is 1. The first-order valence-corrected chi connectivity index (χ1v) is 7.89. The zero-order valence-electron chi connectivity index (χ0n) is 13.1. The number of halogens is 1. The number of methoxy groups -OCH3 is 2. The van der Waals surface area contributed by atoms with Gasteiger partial charge in [0.25, 0.3) is 5.91 Å². The molecule has 1 saturated heterocycles. The minimum absolute atomic E-state index is 0.0510. The van der Waals surface area contributed by atoms with Gasteiger partial charge in [-0.15, -0.1) is 0 Å². The van der Waals surface area contributed by atoms with Crippen molar-refractivity contribution in [3.63, 3.8) is 0 Å². The van der Waals surface area contributed by atoms with Crippen LogP contribution < -0.4 is 9.47 Å². The van der Waals surface area contributed by atoms with Crippen molar-refractivity contribution in [2.24, 2.45) is 0 Å². The highest BCUT2D eigenvalue weighted by molar-refractivity contribution is 6.32. The van der Waals surface area contributed by atoms with Crippen molar-refractivity contribution in [3.8, 4) is 11.5 Å². The van der Waals surface area contributed by atoms with Crippen molar-refractivity contribution >= 4 is 17.5 Å². The Kier molecular flexibility index (Phi) is 4.48. The van der Waals surface area contributed by atoms with Crippen LogP contribution in [-0.4, -0.2) is 36.6 Å². The fraction of sp³-hybridized carbons (Fsp3) is 0.353. The monoisotopic (exact) mass is 334 g/mol. The van der Waals surface area contributed by atoms with Gasteiger partial charge in [-0.05, 0) is 37.1 Å². The lowest BCUT2D eigenvalue weighted by Gasteiger charge is -2.24. The van der Waals surface area contributed by atoms with Crippen LogP contribution in [0.1, 0.15) is 34.9 Å². The van der Waals surface area contributed by atoms with E-state index in [4.69, 9.17) is 21.1 Å². The number of likely N-dealkylation sites (tertiary alicyclic amines) is 1. The number of benzene rings is 1. The summed E-state index contributed by atoms with van der Waals surface area (Å²) < 4.78 is 10.5. The highest BCUT2D eigenvalue weighted by Crippen LogP contribution is 2.38. The molecule has 23 heavy (non-hydrogen) atoms. The molecular weight excluding hydrogens is 316 g/mol. The summed E-state index contributed by atoms with van der Waals surface area (Å²) in [6.07, 6.45) is 3.81. The average Bonchev–Trinajstić information content (AvgIpc) is 3.23. The molecule has 5 nitrogen and oxygen atoms in total. The molecule has 2 heterocycles. The van der Waals surface area contributed by atoms with Gasteiger partial charge in [-0.25, -0.2) is 0 Å². The summed E-state index contributed by atoms with van der Waals surface area (Å²) in [6, 6.07) is 7.35. The quantitative estimate of drug-likeness (QED) is 0.928. The van der Waals surface area contributed by atoms with E-state index in [0.717, 1.165) is 25.1 Å². The molecule has 1 aliphatic rings. The van der Waals surface area contributed by atoms with Crippen LogP contribution in [0.5, 0.6) is 11.5 Å². The maximum absolute atomic E-state index is 12.9. The first-order chi connectivity index (χ1) is 11.2. The van der Waals surface area contributed by atoms with Crippen molar-refractivity contribution in [1.29, 1.82) is 0 Å². The Morgan fingerprint density at radius 1 is 1.35 bits per heavy atom. The smallest absolute Gasteiger partial charge is 0.254 e. The molecular formula is C17H19ClN2O3. The van der Waals surface area contributed by atoms with Crippen molar-refractivity contribution in [2.75, 3.05) is 20.8 Å². The minimum Gasteiger partial charge on any atom is -0.493 e. The predicted octanol–water partition coefficient (Wildman–Crippen LogP) is 3.66. The highest BCUT2D eigenvalue weighted by Gasteiger charge is 2.31. The maximum Gasteiger partial charge on any atom is 0.254 e. The number of aromatic amines is 1. The van der Waals surface area contributed by atoms with Crippen LogP contribution in [0.4, 0.5) is 0 Å². The molecule has 2 aromatic rings. The molecule has 6 heteroatoms. The van der Waals surface area contributed by atoms with E-state index in [2.05, 4.69) is 4.98 Å². The fourth-order valence-electron chi connectivity index (χ4n) is 3.09. The van der Waals surface area contributed by atoms with E-state index in [1.54, 1.807) is 12.1 Å². The maximum atomic E-state index is 12.9. The molecule has 0 radical (unpaired) electrons. The zero-order valence-corrected chi connectivity index (χ0v) is 13.9. The van der Waals surface area contributed by atoms with Crippen molar-refractivity contribution in [2.45, 2.75) is 18.9 Å². The number of aromatic nitrogens is 1. The average molecular weight is 335 g/mol. The van der Waals surface area contributed by atoms with E-state index >= 15 is 0 Å². The molecule has 1 aromatic carbocycles. The van der Waals surface area contributed by atoms with Gasteiger partial charge in [-0.3, -0.25) is 4.79 Å². The third kappa shape index (κ3) is 2.88. The number of rotatable bonds is 4. The second-order valence-corrected chi connectivity index (χ2v) is 5.88. The number of ether oxygens (including phenoxy) is 2. The molecule has 0 spiro atoms. The Balaban J connectivity index is 1.92. The van der Waals surface area contributed by atoms with Gasteiger partial charge in [0.1, 0.15) is 0 Å². The molecule has 1 aliphatic heterocycles. The molecule has 1 amide bonds. The Morgan fingerprint density at radius 3 is 2.83 bits per heavy atom. The second kappa shape index (κ2) is 6.54. The van der Waals surface area contributed by atoms with E-state index in [1.807, 2.05) is 23.2 Å². The summed E-state index contributed by atoms with van der Waals surface area (Å²) in [7, 11) is 3.05. The van der Waals surface area contributed by atoms with E-state index in [-0.39, 0.29) is 11.9 Å². The first kappa shape index (κ1) is 15.7. The second-order valence-electron chi connectivity index (χ2n) is 5.48. The number of nitrogens with one attached hydrogen (secondary N) is 1. The predicted molar refractivity (Wildman–Crippen MR) is 88.4 cm³/mol. The third-order valence-corrected chi connectivity index (χ3v) is 4.46. The molecule has 1 aromatic heterocycles. The van der Waals surface area contributed by atoms with Crippen molar-refractivity contribution in [1.82, 2.24) is 9.88 Å². The molecule has 0 saturated carbocycles. The molecule has 1 N–H and O–H groups in total. The summed E-state index contributed by atoms with van der Waals surface area (Å²) in [6.45, 7) is 0.731. The third-order valence-electron chi connectivity index (χ3n) is 4.18. The first-order valence-electron chi connectivity index (χ1n) is 7.51. The number of carbonyl (C=O) groups is 1. The summed E-state index contributed by atoms with van der Waals surface area (Å²) >= 11 is 6.22. The largest absolute Gasteiger partial charge is 0.493 e. The van der Waals surface area contributed by atoms with E-state index < -0.39 is 0 Å². The van der Waals surface area contributed by atoms with Crippen LogP contribution in [0.25, 0.3) is 0 Å². The van der Waals surface area contributed by atoms with Crippen LogP contribution >= 0.6 is 11.6 Å². The van der Waals surface area contributed by atoms with Gasteiger partial charge in [-0.2, -0.15) is 0 Å². The number of carbonyl (C=O) groups excluding carboxylic acids is 1. The van der Waals surface area contributed by atoms with Gasteiger partial charge in [-0.1, -0.05) is 11.6 Å². The van der Waals surface area contributed by atoms with Crippen LogP contribution in [0.2, 0.25) is 5.02 Å². The normalized spacial score (nSPS) is 17.3. The lowest BCUT2D eigenvalue weighted by atomic mass is 10.1. The lowest BCUT2D eigenvalue weighted by molar-refractivity contribution is 0.0733. The van der Waals surface area contributed by atoms with Crippen molar-refractivity contribution in [3.05, 3.63) is 46.7 Å². The number of nitrogens with zero attached hydrogens (tertiary/aromatic N) is 1. The molecule has 1 fully saturated rings. The van der Waals surface area contributed by atoms with E-state index in [0.29, 0.717) is 22.1 Å². The van der Waals surface area contributed by atoms with Crippen LogP contribution in [0, 0.1) is 0 Å². The standard InChI is InChI=1S/C17H19ClN2O3/c1-22-15-10-11(9-12(18)16(15)23-2)17(21)20-8-4-6-14(20)13-5-3-7-19-13/h3,5,7,9-10,14,19H,4,6,8H2,1-2H3/t14-/m0/s1. The van der Waals surface area contributed by atoms with Gasteiger partial charge in [0.05, 0.1) is 25.3 Å². The Bertz CT molecular complexity index is 700. The van der Waals surface area contributed by atoms with Gasteiger partial charge in [0.2, 0.25) is 0 Å². The minimum atomic E-state index is -0.0510. The lowest BCUT2D eigenvalue weighted by Crippen LogP contribution is -2.30. The number of amides is 1. The summed E-state index contributed by atoms with van der Waals surface area (Å²) in [5, 5.41) is 0.367. The molecule has 0 aliphatic carbocycles. The molecule has 0 unspecified atom stereocenters. The Morgan fingerprint density at radius 2 is 2.17 bits per heavy atom. The topological polar surface area (TPSA) is 54.6 Å². The molecule has 122 valence electrons. The molecule has 0 bridgehead atoms. The zero-order chi connectivity index (χ0) is 16.4. The van der Waals surface area contributed by atoms with Gasteiger partial charge in [0.15, 0.2) is 11.5 Å². The summed E-state index contributed by atoms with van der Waals surface area (Å²) in [5.41, 5.74) is 1.56. The van der Waals surface area contributed by atoms with Crippen molar-refractivity contribution < 1.29 is 14.3 Å². The van der Waals surface area contributed by atoms with E-state index in [9.17, 15) is 4.79 Å². The van der Waals surface area contributed by atoms with Gasteiger partial charge in [0, 0.05) is 24.0 Å². The van der Waals surface area contributed by atoms with Crippen LogP contribution in [0.3, 0.4) is 0 Å². The Hall–Kier alpha value is -2.14. The SMILES string of the molecule is COc1cc(C(=O)N2CCC[C@H]2c2ccc[nH]2)cc(Cl)c1OC. The highest BCUT2D eigenvalue weighted by atomic mass is 35.5. The Labute approximate surface area is 140 Å². The summed E-state index contributed by atoms with van der Waals surface area (Å²) in [4.78, 5) is 18.0. The summed E-state index contributed by atoms with van der Waals surface area (Å²) in [5.74, 6) is 0.844.